The molecule has 0 spiro atoms. The van der Waals surface area contributed by atoms with Crippen molar-refractivity contribution in [2.24, 2.45) is 0 Å². The first kappa shape index (κ1) is 17.8. The Labute approximate surface area is 155 Å². The third-order valence-corrected chi connectivity index (χ3v) is 5.29. The molecule has 0 unspecified atom stereocenters. The predicted molar refractivity (Wildman–Crippen MR) is 101 cm³/mol. The minimum absolute atomic E-state index is 0.163. The first-order chi connectivity index (χ1) is 11.8. The van der Waals surface area contributed by atoms with E-state index in [1.165, 1.54) is 0 Å². The van der Waals surface area contributed by atoms with Crippen LogP contribution in [0.15, 0.2) is 16.9 Å². The van der Waals surface area contributed by atoms with Crippen molar-refractivity contribution in [2.45, 2.75) is 26.8 Å². The smallest absolute Gasteiger partial charge is 0.256 e. The quantitative estimate of drug-likeness (QED) is 0.856. The fraction of sp³-hybridized carbons (Fsp3) is 0.333. The Morgan fingerprint density at radius 3 is 2.60 bits per heavy atom. The molecule has 5 nitrogen and oxygen atoms in total. The van der Waals surface area contributed by atoms with Gasteiger partial charge in [-0.3, -0.25) is 9.59 Å². The summed E-state index contributed by atoms with van der Waals surface area (Å²) in [5, 5.41) is 3.85. The Kier molecular flexibility index (Phi) is 4.80. The van der Waals surface area contributed by atoms with Gasteiger partial charge in [0.15, 0.2) is 0 Å². The number of anilines is 1. The first-order valence-corrected chi connectivity index (χ1v) is 8.76. The number of hydrogen-bond donors (Lipinski definition) is 2. The van der Waals surface area contributed by atoms with Crippen LogP contribution >= 0.6 is 23.2 Å². The second-order valence-electron chi connectivity index (χ2n) is 6.24. The minimum Gasteiger partial charge on any atom is -0.387 e. The standard InChI is InChI=1S/C18H19Cl2N3O2/c1-9-6-10(2)22-17(24)12(9)8-23-5-4-11-13(19)7-14(21-3)16(20)15(11)18(23)25/h6-7,21H,4-5,8H2,1-3H3,(H,22,24). The first-order valence-electron chi connectivity index (χ1n) is 8.00. The van der Waals surface area contributed by atoms with E-state index in [1.807, 2.05) is 19.9 Å². The molecule has 2 aromatic rings. The van der Waals surface area contributed by atoms with E-state index in [9.17, 15) is 9.59 Å². The van der Waals surface area contributed by atoms with Gasteiger partial charge in [-0.05, 0) is 43.5 Å². The van der Waals surface area contributed by atoms with E-state index in [0.717, 1.165) is 16.8 Å². The molecule has 0 atom stereocenters. The lowest BCUT2D eigenvalue weighted by Gasteiger charge is -2.30. The number of nitrogens with one attached hydrogen (secondary N) is 2. The highest BCUT2D eigenvalue weighted by Crippen LogP contribution is 2.37. The summed E-state index contributed by atoms with van der Waals surface area (Å²) in [6.45, 7) is 4.45. The summed E-state index contributed by atoms with van der Waals surface area (Å²) >= 11 is 12.7. The Hall–Kier alpha value is -1.98. The van der Waals surface area contributed by atoms with E-state index >= 15 is 0 Å². The molecule has 7 heteroatoms. The Balaban J connectivity index is 2.00. The molecule has 1 aliphatic rings. The number of aromatic amines is 1. The van der Waals surface area contributed by atoms with Gasteiger partial charge in [0.25, 0.3) is 11.5 Å². The third-order valence-electron chi connectivity index (χ3n) is 4.56. The van der Waals surface area contributed by atoms with E-state index in [0.29, 0.717) is 39.8 Å². The number of aromatic nitrogens is 1. The number of nitrogens with zero attached hydrogens (tertiary/aromatic N) is 1. The molecule has 25 heavy (non-hydrogen) atoms. The van der Waals surface area contributed by atoms with Crippen LogP contribution in [0.5, 0.6) is 0 Å². The number of carbonyl (C=O) groups excluding carboxylic acids is 1. The Morgan fingerprint density at radius 2 is 1.96 bits per heavy atom. The van der Waals surface area contributed by atoms with Crippen LogP contribution in [0.25, 0.3) is 0 Å². The second kappa shape index (κ2) is 6.73. The molecule has 0 fully saturated rings. The number of amides is 1. The van der Waals surface area contributed by atoms with Crippen LogP contribution in [-0.2, 0) is 13.0 Å². The van der Waals surface area contributed by atoms with Gasteiger partial charge in [0.1, 0.15) is 0 Å². The van der Waals surface area contributed by atoms with Crippen LogP contribution in [0.1, 0.15) is 32.7 Å². The lowest BCUT2D eigenvalue weighted by Crippen LogP contribution is -2.39. The number of rotatable bonds is 3. The Morgan fingerprint density at radius 1 is 1.24 bits per heavy atom. The number of carbonyl (C=O) groups is 1. The fourth-order valence-corrected chi connectivity index (χ4v) is 3.88. The van der Waals surface area contributed by atoms with Crippen molar-refractivity contribution in [1.82, 2.24) is 9.88 Å². The van der Waals surface area contributed by atoms with Crippen LogP contribution in [0.4, 0.5) is 5.69 Å². The van der Waals surface area contributed by atoms with Gasteiger partial charge in [-0.1, -0.05) is 23.2 Å². The summed E-state index contributed by atoms with van der Waals surface area (Å²) < 4.78 is 0. The highest BCUT2D eigenvalue weighted by Gasteiger charge is 2.30. The maximum absolute atomic E-state index is 13.0. The number of hydrogen-bond acceptors (Lipinski definition) is 3. The molecule has 0 saturated heterocycles. The molecule has 0 aliphatic carbocycles. The lowest BCUT2D eigenvalue weighted by molar-refractivity contribution is 0.0726. The van der Waals surface area contributed by atoms with Crippen molar-refractivity contribution in [3.8, 4) is 0 Å². The molecule has 1 aromatic heterocycles. The van der Waals surface area contributed by atoms with Gasteiger partial charge in [-0.15, -0.1) is 0 Å². The van der Waals surface area contributed by atoms with Crippen LogP contribution in [0, 0.1) is 13.8 Å². The summed E-state index contributed by atoms with van der Waals surface area (Å²) in [7, 11) is 1.73. The summed E-state index contributed by atoms with van der Waals surface area (Å²) in [5.41, 5.74) is 3.90. The van der Waals surface area contributed by atoms with Crippen molar-refractivity contribution >= 4 is 34.8 Å². The highest BCUT2D eigenvalue weighted by molar-refractivity contribution is 6.39. The van der Waals surface area contributed by atoms with E-state index in [2.05, 4.69) is 10.3 Å². The minimum atomic E-state index is -0.204. The topological polar surface area (TPSA) is 65.2 Å². The van der Waals surface area contributed by atoms with Gasteiger partial charge in [0, 0.05) is 29.9 Å². The molecular formula is C18H19Cl2N3O2. The molecule has 132 valence electrons. The van der Waals surface area contributed by atoms with Crippen LogP contribution in [-0.4, -0.2) is 29.4 Å². The molecule has 0 saturated carbocycles. The predicted octanol–water partition coefficient (Wildman–Crippen LogP) is 3.54. The third kappa shape index (κ3) is 3.14. The number of aryl methyl sites for hydroxylation is 2. The van der Waals surface area contributed by atoms with Gasteiger partial charge in [0.05, 0.1) is 22.8 Å². The maximum Gasteiger partial charge on any atom is 0.256 e. The summed E-state index contributed by atoms with van der Waals surface area (Å²) in [5.74, 6) is -0.204. The normalized spacial score (nSPS) is 13.8. The molecule has 3 rings (SSSR count). The summed E-state index contributed by atoms with van der Waals surface area (Å²) in [6, 6.07) is 3.64. The molecule has 0 radical (unpaired) electrons. The Bertz CT molecular complexity index is 922. The maximum atomic E-state index is 13.0. The zero-order valence-corrected chi connectivity index (χ0v) is 15.8. The zero-order chi connectivity index (χ0) is 18.3. The summed E-state index contributed by atoms with van der Waals surface area (Å²) in [4.78, 5) is 29.7. The largest absolute Gasteiger partial charge is 0.387 e. The van der Waals surface area contributed by atoms with Gasteiger partial charge in [0.2, 0.25) is 0 Å². The number of pyridine rings is 1. The number of benzene rings is 1. The van der Waals surface area contributed by atoms with Gasteiger partial charge >= 0.3 is 0 Å². The van der Waals surface area contributed by atoms with Crippen LogP contribution in [0.3, 0.4) is 0 Å². The molecule has 1 aliphatic heterocycles. The average molecular weight is 380 g/mol. The van der Waals surface area contributed by atoms with Crippen molar-refractivity contribution < 1.29 is 4.79 Å². The number of fused-ring (bicyclic) bond motifs is 1. The second-order valence-corrected chi connectivity index (χ2v) is 7.03. The fourth-order valence-electron chi connectivity index (χ4n) is 3.24. The van der Waals surface area contributed by atoms with Gasteiger partial charge in [-0.25, -0.2) is 0 Å². The van der Waals surface area contributed by atoms with E-state index in [4.69, 9.17) is 23.2 Å². The van der Waals surface area contributed by atoms with Crippen molar-refractivity contribution in [3.05, 3.63) is 60.5 Å². The molecule has 2 N–H and O–H groups in total. The van der Waals surface area contributed by atoms with E-state index < -0.39 is 0 Å². The SMILES string of the molecule is CNc1cc(Cl)c2c(c1Cl)C(=O)N(Cc1c(C)cc(C)[nH]c1=O)CC2. The molecule has 0 bridgehead atoms. The lowest BCUT2D eigenvalue weighted by atomic mass is 9.97. The molecule has 1 amide bonds. The van der Waals surface area contributed by atoms with Crippen molar-refractivity contribution in [2.75, 3.05) is 18.9 Å². The highest BCUT2D eigenvalue weighted by atomic mass is 35.5. The van der Waals surface area contributed by atoms with Crippen molar-refractivity contribution in [1.29, 1.82) is 0 Å². The number of H-pyrrole nitrogens is 1. The zero-order valence-electron chi connectivity index (χ0n) is 14.3. The molecule has 2 heterocycles. The van der Waals surface area contributed by atoms with Crippen molar-refractivity contribution in [3.63, 3.8) is 0 Å². The van der Waals surface area contributed by atoms with E-state index in [1.54, 1.807) is 18.0 Å². The monoisotopic (exact) mass is 379 g/mol. The van der Waals surface area contributed by atoms with Gasteiger partial charge in [-0.2, -0.15) is 0 Å². The molecule has 1 aromatic carbocycles. The summed E-state index contributed by atoms with van der Waals surface area (Å²) in [6.07, 6.45) is 0.604. The molecular weight excluding hydrogens is 361 g/mol. The number of halogens is 2. The van der Waals surface area contributed by atoms with E-state index in [-0.39, 0.29) is 18.0 Å². The van der Waals surface area contributed by atoms with Gasteiger partial charge < -0.3 is 15.2 Å². The van der Waals surface area contributed by atoms with Crippen LogP contribution in [0.2, 0.25) is 10.0 Å². The van der Waals surface area contributed by atoms with Crippen LogP contribution < -0.4 is 10.9 Å². The average Bonchev–Trinajstić information content (AvgIpc) is 2.55.